The van der Waals surface area contributed by atoms with Crippen molar-refractivity contribution in [1.29, 1.82) is 0 Å². The van der Waals surface area contributed by atoms with Crippen molar-refractivity contribution in [3.63, 3.8) is 0 Å². The number of nitrogens with zero attached hydrogens (tertiary/aromatic N) is 3. The van der Waals surface area contributed by atoms with E-state index in [1.165, 1.54) is 17.7 Å². The number of rotatable bonds is 4. The summed E-state index contributed by atoms with van der Waals surface area (Å²) in [6, 6.07) is 11.1. The standard InChI is InChI=1S/C20H16N4O6/c1-23-15-8-3-11(9-16(15)30-20(23)28)21-10-14-17(25)22-19(27)24(18(14)26)12-4-6-13(29-2)7-5-12/h3-10,26H,1-2H3,(H,22,25,27). The lowest BCUT2D eigenvalue weighted by atomic mass is 10.2. The van der Waals surface area contributed by atoms with E-state index < -0.39 is 22.9 Å². The Labute approximate surface area is 167 Å². The molecule has 10 heteroatoms. The third kappa shape index (κ3) is 3.20. The summed E-state index contributed by atoms with van der Waals surface area (Å²) in [6.07, 6.45) is 1.13. The highest BCUT2D eigenvalue weighted by Gasteiger charge is 2.14. The van der Waals surface area contributed by atoms with Gasteiger partial charge in [0.1, 0.15) is 11.3 Å². The van der Waals surface area contributed by atoms with Crippen molar-refractivity contribution < 1.29 is 14.3 Å². The van der Waals surface area contributed by atoms with E-state index in [1.807, 2.05) is 0 Å². The van der Waals surface area contributed by atoms with E-state index in [-0.39, 0.29) is 5.56 Å². The molecule has 0 aliphatic rings. The molecule has 2 aromatic heterocycles. The van der Waals surface area contributed by atoms with Crippen LogP contribution in [0.25, 0.3) is 16.8 Å². The lowest BCUT2D eigenvalue weighted by molar-refractivity contribution is 0.414. The molecule has 0 aliphatic carbocycles. The maximum Gasteiger partial charge on any atom is 0.419 e. The van der Waals surface area contributed by atoms with Gasteiger partial charge in [0.2, 0.25) is 5.88 Å². The molecule has 4 aromatic rings. The molecule has 0 amide bonds. The Hall–Kier alpha value is -4.34. The third-order valence-corrected chi connectivity index (χ3v) is 4.57. The molecule has 30 heavy (non-hydrogen) atoms. The van der Waals surface area contributed by atoms with E-state index in [4.69, 9.17) is 9.15 Å². The van der Waals surface area contributed by atoms with Gasteiger partial charge in [-0.1, -0.05) is 0 Å². The number of oxazole rings is 1. The van der Waals surface area contributed by atoms with Crippen LogP contribution in [0.3, 0.4) is 0 Å². The number of hydrogen-bond donors (Lipinski definition) is 2. The fraction of sp³-hybridized carbons (Fsp3) is 0.100. The van der Waals surface area contributed by atoms with E-state index in [0.717, 1.165) is 10.8 Å². The fourth-order valence-corrected chi connectivity index (χ4v) is 2.97. The Balaban J connectivity index is 1.78. The van der Waals surface area contributed by atoms with Gasteiger partial charge in [-0.2, -0.15) is 0 Å². The summed E-state index contributed by atoms with van der Waals surface area (Å²) in [5.74, 6) is -0.503. The van der Waals surface area contributed by atoms with Gasteiger partial charge in [-0.25, -0.2) is 14.2 Å². The van der Waals surface area contributed by atoms with Crippen molar-refractivity contribution in [2.24, 2.45) is 12.0 Å². The van der Waals surface area contributed by atoms with Crippen LogP contribution >= 0.6 is 0 Å². The largest absolute Gasteiger partial charge is 0.497 e. The number of benzene rings is 2. The van der Waals surface area contributed by atoms with Gasteiger partial charge in [0.15, 0.2) is 5.58 Å². The van der Waals surface area contributed by atoms with Gasteiger partial charge in [-0.3, -0.25) is 19.3 Å². The van der Waals surface area contributed by atoms with Crippen molar-refractivity contribution in [2.45, 2.75) is 0 Å². The number of fused-ring (bicyclic) bond motifs is 1. The number of ether oxygens (including phenoxy) is 1. The molecule has 0 saturated carbocycles. The number of aromatic amines is 1. The van der Waals surface area contributed by atoms with Crippen molar-refractivity contribution in [3.8, 4) is 17.3 Å². The van der Waals surface area contributed by atoms with E-state index in [1.54, 1.807) is 43.4 Å². The van der Waals surface area contributed by atoms with Crippen molar-refractivity contribution in [1.82, 2.24) is 14.1 Å². The number of aliphatic imine (C=N–C) groups is 1. The molecule has 0 saturated heterocycles. The zero-order valence-corrected chi connectivity index (χ0v) is 15.9. The minimum absolute atomic E-state index is 0.208. The summed E-state index contributed by atoms with van der Waals surface area (Å²) in [4.78, 5) is 42.4. The average molecular weight is 408 g/mol. The maximum atomic E-state index is 12.3. The predicted octanol–water partition coefficient (Wildman–Crippen LogP) is 1.44. The van der Waals surface area contributed by atoms with Crippen LogP contribution in [-0.4, -0.2) is 32.5 Å². The quantitative estimate of drug-likeness (QED) is 0.491. The van der Waals surface area contributed by atoms with Gasteiger partial charge in [0, 0.05) is 19.3 Å². The summed E-state index contributed by atoms with van der Waals surface area (Å²) in [7, 11) is 3.09. The molecular weight excluding hydrogens is 392 g/mol. The number of aryl methyl sites for hydroxylation is 1. The molecule has 0 radical (unpaired) electrons. The second-order valence-electron chi connectivity index (χ2n) is 6.37. The van der Waals surface area contributed by atoms with Crippen LogP contribution in [0.2, 0.25) is 0 Å². The molecule has 10 nitrogen and oxygen atoms in total. The summed E-state index contributed by atoms with van der Waals surface area (Å²) in [5.41, 5.74) is -0.161. The van der Waals surface area contributed by atoms with Crippen molar-refractivity contribution >= 4 is 23.0 Å². The van der Waals surface area contributed by atoms with E-state index in [0.29, 0.717) is 28.2 Å². The summed E-state index contributed by atoms with van der Waals surface area (Å²) < 4.78 is 12.5. The molecule has 0 spiro atoms. The Kier molecular flexibility index (Phi) is 4.59. The monoisotopic (exact) mass is 408 g/mol. The number of H-pyrrole nitrogens is 1. The second-order valence-corrected chi connectivity index (χ2v) is 6.37. The first-order valence-electron chi connectivity index (χ1n) is 8.75. The third-order valence-electron chi connectivity index (χ3n) is 4.57. The van der Waals surface area contributed by atoms with Gasteiger partial charge in [0.25, 0.3) is 5.56 Å². The molecule has 0 atom stereocenters. The van der Waals surface area contributed by atoms with Crippen molar-refractivity contribution in [2.75, 3.05) is 7.11 Å². The molecule has 0 aliphatic heterocycles. The zero-order chi connectivity index (χ0) is 21.4. The van der Waals surface area contributed by atoms with Gasteiger partial charge < -0.3 is 14.3 Å². The first-order valence-corrected chi connectivity index (χ1v) is 8.75. The summed E-state index contributed by atoms with van der Waals surface area (Å²) in [6.45, 7) is 0. The van der Waals surface area contributed by atoms with Crippen LogP contribution in [0, 0.1) is 0 Å². The highest BCUT2D eigenvalue weighted by atomic mass is 16.5. The highest BCUT2D eigenvalue weighted by molar-refractivity contribution is 5.85. The normalized spacial score (nSPS) is 11.4. The van der Waals surface area contributed by atoms with Gasteiger partial charge in [0.05, 0.1) is 24.0 Å². The topological polar surface area (TPSA) is 132 Å². The Morgan fingerprint density at radius 1 is 1.13 bits per heavy atom. The average Bonchev–Trinajstić information content (AvgIpc) is 3.01. The summed E-state index contributed by atoms with van der Waals surface area (Å²) in [5, 5.41) is 10.6. The van der Waals surface area contributed by atoms with Crippen LogP contribution < -0.4 is 21.7 Å². The Morgan fingerprint density at radius 2 is 1.87 bits per heavy atom. The van der Waals surface area contributed by atoms with E-state index >= 15 is 0 Å². The van der Waals surface area contributed by atoms with Gasteiger partial charge >= 0.3 is 11.4 Å². The molecular formula is C20H16N4O6. The lowest BCUT2D eigenvalue weighted by Gasteiger charge is -2.10. The van der Waals surface area contributed by atoms with E-state index in [2.05, 4.69) is 9.98 Å². The zero-order valence-electron chi connectivity index (χ0n) is 15.9. The number of methoxy groups -OCH3 is 1. The first-order chi connectivity index (χ1) is 14.4. The molecule has 0 fully saturated rings. The molecule has 0 unspecified atom stereocenters. The Bertz CT molecular complexity index is 1450. The van der Waals surface area contributed by atoms with Gasteiger partial charge in [-0.15, -0.1) is 0 Å². The fourth-order valence-electron chi connectivity index (χ4n) is 2.97. The van der Waals surface area contributed by atoms with Crippen LogP contribution in [0.5, 0.6) is 11.6 Å². The van der Waals surface area contributed by atoms with Crippen LogP contribution in [0.4, 0.5) is 5.69 Å². The molecule has 2 heterocycles. The number of aromatic hydroxyl groups is 1. The lowest BCUT2D eigenvalue weighted by Crippen LogP contribution is -2.31. The molecule has 4 rings (SSSR count). The van der Waals surface area contributed by atoms with Crippen molar-refractivity contribution in [3.05, 3.63) is 79.4 Å². The van der Waals surface area contributed by atoms with Crippen LogP contribution in [0.15, 0.2) is 66.3 Å². The highest BCUT2D eigenvalue weighted by Crippen LogP contribution is 2.22. The van der Waals surface area contributed by atoms with Crippen LogP contribution in [0.1, 0.15) is 5.56 Å². The molecule has 2 aromatic carbocycles. The second kappa shape index (κ2) is 7.24. The molecule has 2 N–H and O–H groups in total. The SMILES string of the molecule is COc1ccc(-n2c(O)c(C=Nc3ccc4c(c3)oc(=O)n4C)c(=O)[nH]c2=O)cc1. The maximum absolute atomic E-state index is 12.3. The number of nitrogens with one attached hydrogen (secondary N) is 1. The number of hydrogen-bond acceptors (Lipinski definition) is 7. The number of aromatic nitrogens is 3. The molecule has 0 bridgehead atoms. The first kappa shape index (κ1) is 19.0. The van der Waals surface area contributed by atoms with Crippen LogP contribution in [-0.2, 0) is 7.05 Å². The van der Waals surface area contributed by atoms with E-state index in [9.17, 15) is 19.5 Å². The smallest absolute Gasteiger partial charge is 0.419 e. The Morgan fingerprint density at radius 3 is 2.57 bits per heavy atom. The minimum atomic E-state index is -0.799. The summed E-state index contributed by atoms with van der Waals surface area (Å²) >= 11 is 0. The predicted molar refractivity (Wildman–Crippen MR) is 110 cm³/mol. The minimum Gasteiger partial charge on any atom is -0.497 e. The van der Waals surface area contributed by atoms with Gasteiger partial charge in [-0.05, 0) is 36.4 Å². The molecule has 152 valence electrons.